The number of esters is 1. The summed E-state index contributed by atoms with van der Waals surface area (Å²) in [7, 11) is 0. The number of nitrogens with two attached hydrogens (primary N) is 1. The molecule has 0 aliphatic heterocycles. The zero-order valence-corrected chi connectivity index (χ0v) is 14.4. The van der Waals surface area contributed by atoms with E-state index in [0.29, 0.717) is 10.0 Å². The number of halogens is 1. The van der Waals surface area contributed by atoms with E-state index in [2.05, 4.69) is 15.9 Å². The molecule has 24 heavy (non-hydrogen) atoms. The average Bonchev–Trinajstić information content (AvgIpc) is 2.56. The van der Waals surface area contributed by atoms with Gasteiger partial charge < -0.3 is 15.2 Å². The maximum atomic E-state index is 11.5. The third-order valence-electron chi connectivity index (χ3n) is 3.14. The number of rotatable bonds is 6. The van der Waals surface area contributed by atoms with E-state index in [1.165, 1.54) is 6.07 Å². The molecular formula is C16H15BrN2O5. The smallest absolute Gasteiger partial charge is 0.354 e. The van der Waals surface area contributed by atoms with E-state index in [1.807, 2.05) is 30.3 Å². The van der Waals surface area contributed by atoms with Crippen molar-refractivity contribution in [3.8, 4) is 11.5 Å². The molecule has 126 valence electrons. The molecule has 0 saturated carbocycles. The van der Waals surface area contributed by atoms with E-state index in [4.69, 9.17) is 15.2 Å². The molecule has 0 spiro atoms. The number of nitro groups is 1. The zero-order chi connectivity index (χ0) is 17.7. The number of hydrogen-bond acceptors (Lipinski definition) is 6. The molecule has 0 amide bonds. The van der Waals surface area contributed by atoms with E-state index < -0.39 is 16.6 Å². The predicted octanol–water partition coefficient (Wildman–Crippen LogP) is 3.11. The van der Waals surface area contributed by atoms with E-state index in [0.717, 1.165) is 5.56 Å². The first-order valence-corrected chi connectivity index (χ1v) is 7.78. The van der Waals surface area contributed by atoms with Crippen molar-refractivity contribution in [2.45, 2.75) is 13.5 Å². The highest BCUT2D eigenvalue weighted by molar-refractivity contribution is 9.10. The van der Waals surface area contributed by atoms with Crippen molar-refractivity contribution in [3.63, 3.8) is 0 Å². The lowest BCUT2D eigenvalue weighted by molar-refractivity contribution is -0.386. The molecule has 2 rings (SSSR count). The molecule has 0 atom stereocenters. The van der Waals surface area contributed by atoms with Crippen LogP contribution in [-0.4, -0.2) is 17.4 Å². The fraction of sp³-hybridized carbons (Fsp3) is 0.188. The number of ether oxygens (including phenoxy) is 2. The summed E-state index contributed by atoms with van der Waals surface area (Å²) in [5, 5.41) is 11.5. The molecule has 0 fully saturated rings. The Balaban J connectivity index is 2.43. The largest absolute Gasteiger partial charge is 0.481 e. The van der Waals surface area contributed by atoms with E-state index in [-0.39, 0.29) is 24.7 Å². The van der Waals surface area contributed by atoms with Gasteiger partial charge in [-0.15, -0.1) is 0 Å². The van der Waals surface area contributed by atoms with Crippen LogP contribution in [0.15, 0.2) is 40.9 Å². The number of carbonyl (C=O) groups excluding carboxylic acids is 1. The Bertz CT molecular complexity index is 765. The highest BCUT2D eigenvalue weighted by Crippen LogP contribution is 2.44. The second-order valence-corrected chi connectivity index (χ2v) is 5.69. The van der Waals surface area contributed by atoms with Gasteiger partial charge in [0.25, 0.3) is 0 Å². The number of nitro benzene ring substituents is 1. The minimum Gasteiger partial charge on any atom is -0.481 e. The predicted molar refractivity (Wildman–Crippen MR) is 91.0 cm³/mol. The highest BCUT2D eigenvalue weighted by Gasteiger charge is 2.28. The normalized spacial score (nSPS) is 10.3. The van der Waals surface area contributed by atoms with Crippen LogP contribution in [0.25, 0.3) is 0 Å². The summed E-state index contributed by atoms with van der Waals surface area (Å²) in [6.45, 7) is 1.46. The fourth-order valence-corrected chi connectivity index (χ4v) is 2.42. The van der Waals surface area contributed by atoms with Crippen LogP contribution >= 0.6 is 15.9 Å². The second kappa shape index (κ2) is 7.89. The summed E-state index contributed by atoms with van der Waals surface area (Å²) >= 11 is 3.30. The van der Waals surface area contributed by atoms with Gasteiger partial charge in [-0.05, 0) is 40.0 Å². The van der Waals surface area contributed by atoms with Crippen LogP contribution in [0.5, 0.6) is 11.5 Å². The lowest BCUT2D eigenvalue weighted by atomic mass is 10.2. The van der Waals surface area contributed by atoms with Crippen LogP contribution in [0, 0.1) is 17.0 Å². The summed E-state index contributed by atoms with van der Waals surface area (Å²) in [5.41, 5.74) is 6.25. The van der Waals surface area contributed by atoms with Gasteiger partial charge in [0.2, 0.25) is 11.5 Å². The Hall–Kier alpha value is -2.45. The van der Waals surface area contributed by atoms with E-state index in [1.54, 1.807) is 6.92 Å². The van der Waals surface area contributed by atoms with Gasteiger partial charge in [0.1, 0.15) is 6.61 Å². The summed E-state index contributed by atoms with van der Waals surface area (Å²) < 4.78 is 11.0. The van der Waals surface area contributed by atoms with Gasteiger partial charge in [0.15, 0.2) is 0 Å². The number of nitrogens with zero attached hydrogens (tertiary/aromatic N) is 1. The van der Waals surface area contributed by atoms with E-state index in [9.17, 15) is 14.9 Å². The van der Waals surface area contributed by atoms with Crippen LogP contribution < -0.4 is 15.2 Å². The SMILES string of the molecule is Cc1cc(OC(=O)CN)c([N+](=O)[O-])c(OCc2ccccc2)c1Br. The van der Waals surface area contributed by atoms with Crippen molar-refractivity contribution in [1.29, 1.82) is 0 Å². The van der Waals surface area contributed by atoms with Gasteiger partial charge in [0.05, 0.1) is 15.9 Å². The molecule has 2 aromatic rings. The number of hydrogen-bond donors (Lipinski definition) is 1. The molecule has 0 saturated heterocycles. The molecule has 0 aromatic heterocycles. The van der Waals surface area contributed by atoms with Gasteiger partial charge in [-0.1, -0.05) is 30.3 Å². The molecule has 0 bridgehead atoms. The summed E-state index contributed by atoms with van der Waals surface area (Å²) in [4.78, 5) is 22.2. The van der Waals surface area contributed by atoms with Crippen molar-refractivity contribution < 1.29 is 19.2 Å². The molecule has 0 unspecified atom stereocenters. The van der Waals surface area contributed by atoms with Crippen LogP contribution in [0.2, 0.25) is 0 Å². The Kier molecular flexibility index (Phi) is 5.88. The maximum Gasteiger partial charge on any atom is 0.354 e. The minimum atomic E-state index is -0.770. The minimum absolute atomic E-state index is 0.00340. The Morgan fingerprint density at radius 3 is 2.58 bits per heavy atom. The second-order valence-electron chi connectivity index (χ2n) is 4.89. The lowest BCUT2D eigenvalue weighted by Crippen LogP contribution is -2.20. The molecule has 0 aliphatic carbocycles. The van der Waals surface area contributed by atoms with Crippen molar-refractivity contribution in [2.24, 2.45) is 5.73 Å². The van der Waals surface area contributed by atoms with Crippen molar-refractivity contribution in [3.05, 3.63) is 62.1 Å². The first-order chi connectivity index (χ1) is 11.4. The zero-order valence-electron chi connectivity index (χ0n) is 12.8. The van der Waals surface area contributed by atoms with Crippen molar-refractivity contribution in [1.82, 2.24) is 0 Å². The standard InChI is InChI=1S/C16H15BrN2O5/c1-10-7-12(24-13(20)8-18)15(19(21)22)16(14(10)17)23-9-11-5-3-2-4-6-11/h2-7H,8-9,18H2,1H3. The topological polar surface area (TPSA) is 105 Å². The molecule has 2 aromatic carbocycles. The summed E-state index contributed by atoms with van der Waals surface area (Å²) in [6.07, 6.45) is 0. The van der Waals surface area contributed by atoms with Crippen molar-refractivity contribution in [2.75, 3.05) is 6.54 Å². The Morgan fingerprint density at radius 1 is 1.33 bits per heavy atom. The fourth-order valence-electron chi connectivity index (χ4n) is 2.00. The highest BCUT2D eigenvalue weighted by atomic mass is 79.9. The first kappa shape index (κ1) is 17.9. The van der Waals surface area contributed by atoms with Gasteiger partial charge in [-0.25, -0.2) is 0 Å². The molecule has 0 aliphatic rings. The lowest BCUT2D eigenvalue weighted by Gasteiger charge is -2.13. The Morgan fingerprint density at radius 2 is 2.00 bits per heavy atom. The number of benzene rings is 2. The molecule has 0 radical (unpaired) electrons. The van der Waals surface area contributed by atoms with Crippen LogP contribution in [0.1, 0.15) is 11.1 Å². The van der Waals surface area contributed by atoms with Crippen LogP contribution in [-0.2, 0) is 11.4 Å². The summed E-state index contributed by atoms with van der Waals surface area (Å²) in [5.74, 6) is -0.961. The van der Waals surface area contributed by atoms with Gasteiger partial charge in [0, 0.05) is 0 Å². The van der Waals surface area contributed by atoms with Crippen molar-refractivity contribution >= 4 is 27.6 Å². The average molecular weight is 395 g/mol. The third-order valence-corrected chi connectivity index (χ3v) is 4.13. The monoisotopic (exact) mass is 394 g/mol. The molecule has 0 heterocycles. The number of aryl methyl sites for hydroxylation is 1. The summed E-state index contributed by atoms with van der Waals surface area (Å²) in [6, 6.07) is 10.6. The van der Waals surface area contributed by atoms with Gasteiger partial charge >= 0.3 is 11.7 Å². The van der Waals surface area contributed by atoms with E-state index >= 15 is 0 Å². The molecular weight excluding hydrogens is 380 g/mol. The molecule has 7 nitrogen and oxygen atoms in total. The van der Waals surface area contributed by atoms with Crippen LogP contribution in [0.3, 0.4) is 0 Å². The third kappa shape index (κ3) is 4.09. The first-order valence-electron chi connectivity index (χ1n) is 6.99. The maximum absolute atomic E-state index is 11.5. The molecule has 2 N–H and O–H groups in total. The van der Waals surface area contributed by atoms with Gasteiger partial charge in [-0.3, -0.25) is 14.9 Å². The quantitative estimate of drug-likeness (QED) is 0.349. The van der Waals surface area contributed by atoms with Crippen LogP contribution in [0.4, 0.5) is 5.69 Å². The molecule has 8 heteroatoms. The van der Waals surface area contributed by atoms with Gasteiger partial charge in [-0.2, -0.15) is 0 Å². The number of carbonyl (C=O) groups is 1. The Labute approximate surface area is 146 Å².